The van der Waals surface area contributed by atoms with Crippen molar-refractivity contribution in [3.63, 3.8) is 0 Å². The summed E-state index contributed by atoms with van der Waals surface area (Å²) in [7, 11) is -7.44. The predicted octanol–water partition coefficient (Wildman–Crippen LogP) is -0.756. The first kappa shape index (κ1) is 15.0. The molecule has 1 aliphatic rings. The Kier molecular flexibility index (Phi) is 3.20. The second kappa shape index (κ2) is 4.28. The number of sulfonamides is 1. The number of sulfone groups is 1. The Morgan fingerprint density at radius 3 is 2.50 bits per heavy atom. The van der Waals surface area contributed by atoms with E-state index in [0.717, 1.165) is 4.68 Å². The number of hydrogen-bond acceptors (Lipinski definition) is 6. The van der Waals surface area contributed by atoms with Gasteiger partial charge in [-0.05, 0) is 20.3 Å². The molecule has 1 fully saturated rings. The molecule has 20 heavy (non-hydrogen) atoms. The van der Waals surface area contributed by atoms with Gasteiger partial charge in [0.05, 0.1) is 22.7 Å². The van der Waals surface area contributed by atoms with Gasteiger partial charge in [-0.1, -0.05) is 0 Å². The van der Waals surface area contributed by atoms with Crippen LogP contribution in [0.1, 0.15) is 24.6 Å². The van der Waals surface area contributed by atoms with E-state index in [1.54, 1.807) is 13.0 Å². The number of aromatic nitrogens is 2. The summed E-state index contributed by atoms with van der Waals surface area (Å²) in [5.74, 6) is -0.275. The standard InChI is InChI=1S/C10H14N4O4S2/c1-7-8(5-11)9(20(12,17)18)14(13-7)10(2)3-4-19(15,16)6-10/h3-4,6H2,1-2H3,(H2,12,17,18). The summed E-state index contributed by atoms with van der Waals surface area (Å²) in [5.41, 5.74) is -0.944. The minimum atomic E-state index is -4.19. The number of nitrogens with zero attached hydrogens (tertiary/aromatic N) is 3. The summed E-state index contributed by atoms with van der Waals surface area (Å²) >= 11 is 0. The van der Waals surface area contributed by atoms with E-state index in [1.807, 2.05) is 0 Å². The highest BCUT2D eigenvalue weighted by Gasteiger charge is 2.44. The lowest BCUT2D eigenvalue weighted by atomic mass is 10.0. The summed E-state index contributed by atoms with van der Waals surface area (Å²) in [6.07, 6.45) is 0.226. The van der Waals surface area contributed by atoms with Crippen LogP contribution in [0.5, 0.6) is 0 Å². The van der Waals surface area contributed by atoms with Crippen LogP contribution >= 0.6 is 0 Å². The predicted molar refractivity (Wildman–Crippen MR) is 70.0 cm³/mol. The molecule has 10 heteroatoms. The van der Waals surface area contributed by atoms with E-state index in [1.165, 1.54) is 6.92 Å². The average molecular weight is 318 g/mol. The van der Waals surface area contributed by atoms with Crippen LogP contribution in [0.15, 0.2) is 5.03 Å². The number of nitrogens with two attached hydrogens (primary N) is 1. The molecule has 0 radical (unpaired) electrons. The molecule has 1 aliphatic heterocycles. The summed E-state index contributed by atoms with van der Waals surface area (Å²) in [6.45, 7) is 3.08. The van der Waals surface area contributed by atoms with Crippen molar-refractivity contribution >= 4 is 19.9 Å². The maximum absolute atomic E-state index is 11.7. The summed E-state index contributed by atoms with van der Waals surface area (Å²) in [6, 6.07) is 1.76. The van der Waals surface area contributed by atoms with E-state index >= 15 is 0 Å². The molecular weight excluding hydrogens is 304 g/mol. The van der Waals surface area contributed by atoms with E-state index in [4.69, 9.17) is 10.4 Å². The maximum atomic E-state index is 11.7. The van der Waals surface area contributed by atoms with Crippen LogP contribution in [0.4, 0.5) is 0 Å². The molecule has 1 aromatic heterocycles. The summed E-state index contributed by atoms with van der Waals surface area (Å²) in [5, 5.41) is 17.8. The Morgan fingerprint density at radius 1 is 1.50 bits per heavy atom. The summed E-state index contributed by atoms with van der Waals surface area (Å²) < 4.78 is 47.8. The molecule has 0 aliphatic carbocycles. The smallest absolute Gasteiger partial charge is 0.245 e. The third-order valence-corrected chi connectivity index (χ3v) is 6.20. The molecular formula is C10H14N4O4S2. The van der Waals surface area contributed by atoms with Crippen LogP contribution in [0.3, 0.4) is 0 Å². The van der Waals surface area contributed by atoms with E-state index < -0.39 is 30.4 Å². The Bertz CT molecular complexity index is 816. The van der Waals surface area contributed by atoms with Crippen molar-refractivity contribution in [1.82, 2.24) is 9.78 Å². The molecule has 0 spiro atoms. The highest BCUT2D eigenvalue weighted by atomic mass is 32.2. The highest BCUT2D eigenvalue weighted by Crippen LogP contribution is 2.34. The third-order valence-electron chi connectivity index (χ3n) is 3.39. The zero-order valence-corrected chi connectivity index (χ0v) is 12.6. The molecule has 8 nitrogen and oxygen atoms in total. The van der Waals surface area contributed by atoms with E-state index in [9.17, 15) is 16.8 Å². The van der Waals surface area contributed by atoms with E-state index in [-0.39, 0.29) is 29.2 Å². The normalized spacial score (nSPS) is 25.5. The molecule has 0 saturated carbocycles. The number of rotatable bonds is 2. The van der Waals surface area contributed by atoms with Crippen molar-refractivity contribution in [3.8, 4) is 6.07 Å². The van der Waals surface area contributed by atoms with Gasteiger partial charge in [0.1, 0.15) is 11.6 Å². The molecule has 0 amide bonds. The van der Waals surface area contributed by atoms with Gasteiger partial charge in [-0.3, -0.25) is 0 Å². The molecule has 1 aromatic rings. The Labute approximate surface area is 117 Å². The van der Waals surface area contributed by atoms with Crippen LogP contribution in [-0.4, -0.2) is 38.1 Å². The van der Waals surface area contributed by atoms with Gasteiger partial charge in [0, 0.05) is 0 Å². The Morgan fingerprint density at radius 2 is 2.10 bits per heavy atom. The number of hydrogen-bond donors (Lipinski definition) is 1. The average Bonchev–Trinajstić information content (AvgIpc) is 2.76. The van der Waals surface area contributed by atoms with Gasteiger partial charge >= 0.3 is 0 Å². The quantitative estimate of drug-likeness (QED) is 0.761. The number of aryl methyl sites for hydroxylation is 1. The maximum Gasteiger partial charge on any atom is 0.256 e. The van der Waals surface area contributed by atoms with Gasteiger partial charge < -0.3 is 0 Å². The Balaban J connectivity index is 2.75. The van der Waals surface area contributed by atoms with Crippen molar-refractivity contribution in [2.75, 3.05) is 11.5 Å². The minimum absolute atomic E-state index is 0.0473. The number of nitriles is 1. The second-order valence-corrected chi connectivity index (χ2v) is 8.83. The van der Waals surface area contributed by atoms with Crippen LogP contribution in [0.2, 0.25) is 0 Å². The van der Waals surface area contributed by atoms with Crippen LogP contribution < -0.4 is 5.14 Å². The van der Waals surface area contributed by atoms with Gasteiger partial charge in [-0.15, -0.1) is 0 Å². The SMILES string of the molecule is Cc1nn(C2(C)CCS(=O)(=O)C2)c(S(N)(=O)=O)c1C#N. The molecule has 2 N–H and O–H groups in total. The topological polar surface area (TPSA) is 136 Å². The van der Waals surface area contributed by atoms with Gasteiger partial charge in [0.15, 0.2) is 14.9 Å². The first-order chi connectivity index (χ1) is 9.00. The fraction of sp³-hybridized carbons (Fsp3) is 0.600. The first-order valence-electron chi connectivity index (χ1n) is 5.74. The molecule has 1 saturated heterocycles. The van der Waals surface area contributed by atoms with Crippen molar-refractivity contribution in [3.05, 3.63) is 11.3 Å². The largest absolute Gasteiger partial charge is 0.256 e. The van der Waals surface area contributed by atoms with Gasteiger partial charge in [-0.25, -0.2) is 26.7 Å². The number of primary sulfonamides is 1. The van der Waals surface area contributed by atoms with E-state index in [2.05, 4.69) is 5.10 Å². The van der Waals surface area contributed by atoms with Crippen LogP contribution in [0, 0.1) is 18.3 Å². The first-order valence-corrected chi connectivity index (χ1v) is 9.10. The van der Waals surface area contributed by atoms with Crippen molar-refractivity contribution in [2.45, 2.75) is 30.8 Å². The fourth-order valence-electron chi connectivity index (χ4n) is 2.42. The fourth-order valence-corrected chi connectivity index (χ4v) is 5.51. The van der Waals surface area contributed by atoms with Gasteiger partial charge in [-0.2, -0.15) is 10.4 Å². The lowest BCUT2D eigenvalue weighted by Gasteiger charge is -2.24. The lowest BCUT2D eigenvalue weighted by Crippen LogP contribution is -2.36. The van der Waals surface area contributed by atoms with Crippen molar-refractivity contribution in [1.29, 1.82) is 5.26 Å². The summed E-state index contributed by atoms with van der Waals surface area (Å²) in [4.78, 5) is 0. The lowest BCUT2D eigenvalue weighted by molar-refractivity contribution is 0.301. The highest BCUT2D eigenvalue weighted by molar-refractivity contribution is 7.91. The van der Waals surface area contributed by atoms with Gasteiger partial charge in [0.2, 0.25) is 0 Å². The molecule has 1 unspecified atom stereocenters. The third kappa shape index (κ3) is 2.32. The second-order valence-electron chi connectivity index (χ2n) is 5.17. The Hall–Kier alpha value is -1.44. The zero-order valence-electron chi connectivity index (χ0n) is 11.0. The molecule has 2 heterocycles. The van der Waals surface area contributed by atoms with Crippen LogP contribution in [-0.2, 0) is 25.4 Å². The van der Waals surface area contributed by atoms with Gasteiger partial charge in [0.25, 0.3) is 10.0 Å². The monoisotopic (exact) mass is 318 g/mol. The van der Waals surface area contributed by atoms with Crippen molar-refractivity contribution in [2.24, 2.45) is 5.14 Å². The molecule has 110 valence electrons. The zero-order chi connectivity index (χ0) is 15.3. The molecule has 0 aromatic carbocycles. The van der Waals surface area contributed by atoms with E-state index in [0.29, 0.717) is 0 Å². The molecule has 0 bridgehead atoms. The molecule has 2 rings (SSSR count). The van der Waals surface area contributed by atoms with Crippen molar-refractivity contribution < 1.29 is 16.8 Å². The van der Waals surface area contributed by atoms with Crippen LogP contribution in [0.25, 0.3) is 0 Å². The minimum Gasteiger partial charge on any atom is -0.245 e. The molecule has 1 atom stereocenters.